The van der Waals surface area contributed by atoms with E-state index < -0.39 is 18.0 Å². The van der Waals surface area contributed by atoms with Crippen LogP contribution in [0, 0.1) is 5.92 Å². The van der Waals surface area contributed by atoms with Gasteiger partial charge in [0.2, 0.25) is 5.91 Å². The molecule has 1 amide bonds. The minimum absolute atomic E-state index is 0.128. The highest BCUT2D eigenvalue weighted by atomic mass is 16.5. The molecule has 0 aliphatic carbocycles. The van der Waals surface area contributed by atoms with Crippen LogP contribution in [0.4, 0.5) is 5.69 Å². The summed E-state index contributed by atoms with van der Waals surface area (Å²) in [6.45, 7) is 3.16. The number of aliphatic hydroxyl groups is 1. The lowest BCUT2D eigenvalue weighted by atomic mass is 9.93. The SMILES string of the molecule is CCOC(=O)C(CO)C1CCc2cc(NC(C)=O)ccc2O1. The van der Waals surface area contributed by atoms with Gasteiger partial charge in [0.25, 0.3) is 0 Å². The number of hydrogen-bond acceptors (Lipinski definition) is 5. The van der Waals surface area contributed by atoms with E-state index in [-0.39, 0.29) is 19.1 Å². The fourth-order valence-electron chi connectivity index (χ4n) is 2.57. The molecule has 6 nitrogen and oxygen atoms in total. The molecule has 1 aliphatic rings. The molecular formula is C16H21NO5. The highest BCUT2D eigenvalue weighted by molar-refractivity contribution is 5.88. The van der Waals surface area contributed by atoms with Crippen LogP contribution in [0.1, 0.15) is 25.8 Å². The molecule has 2 unspecified atom stereocenters. The van der Waals surface area contributed by atoms with Crippen molar-refractivity contribution >= 4 is 17.6 Å². The van der Waals surface area contributed by atoms with Gasteiger partial charge in [-0.1, -0.05) is 0 Å². The summed E-state index contributed by atoms with van der Waals surface area (Å²) in [5, 5.41) is 12.2. The molecule has 2 atom stereocenters. The number of ether oxygens (including phenoxy) is 2. The molecule has 1 heterocycles. The van der Waals surface area contributed by atoms with Crippen LogP contribution in [0.5, 0.6) is 5.75 Å². The predicted octanol–water partition coefficient (Wildman–Crippen LogP) is 1.51. The second kappa shape index (κ2) is 7.26. The number of aliphatic hydroxyl groups excluding tert-OH is 1. The second-order valence-corrected chi connectivity index (χ2v) is 5.24. The molecular weight excluding hydrogens is 286 g/mol. The molecule has 0 spiro atoms. The molecule has 120 valence electrons. The molecule has 0 bridgehead atoms. The van der Waals surface area contributed by atoms with E-state index in [4.69, 9.17) is 9.47 Å². The quantitative estimate of drug-likeness (QED) is 0.806. The first-order valence-corrected chi connectivity index (χ1v) is 7.39. The molecule has 0 aromatic heterocycles. The molecule has 0 radical (unpaired) electrons. The molecule has 1 aromatic carbocycles. The van der Waals surface area contributed by atoms with Crippen LogP contribution in [0.25, 0.3) is 0 Å². The highest BCUT2D eigenvalue weighted by Crippen LogP contribution is 2.32. The Balaban J connectivity index is 2.10. The molecule has 0 saturated heterocycles. The lowest BCUT2D eigenvalue weighted by molar-refractivity contribution is -0.153. The van der Waals surface area contributed by atoms with Gasteiger partial charge in [0.05, 0.1) is 13.2 Å². The molecule has 2 rings (SSSR count). The van der Waals surface area contributed by atoms with Crippen molar-refractivity contribution in [2.75, 3.05) is 18.5 Å². The average Bonchev–Trinajstić information content (AvgIpc) is 2.47. The normalized spacial score (nSPS) is 17.9. The first kappa shape index (κ1) is 16.3. The van der Waals surface area contributed by atoms with Crippen molar-refractivity contribution in [2.45, 2.75) is 32.8 Å². The van der Waals surface area contributed by atoms with Gasteiger partial charge in [-0.25, -0.2) is 0 Å². The highest BCUT2D eigenvalue weighted by Gasteiger charge is 2.33. The van der Waals surface area contributed by atoms with Crippen LogP contribution in [0.15, 0.2) is 18.2 Å². The summed E-state index contributed by atoms with van der Waals surface area (Å²) in [6.07, 6.45) is 0.923. The zero-order chi connectivity index (χ0) is 16.1. The van der Waals surface area contributed by atoms with Gasteiger partial charge >= 0.3 is 5.97 Å². The Labute approximate surface area is 129 Å². The van der Waals surface area contributed by atoms with E-state index in [9.17, 15) is 14.7 Å². The zero-order valence-electron chi connectivity index (χ0n) is 12.8. The molecule has 1 aliphatic heterocycles. The van der Waals surface area contributed by atoms with Crippen LogP contribution in [-0.4, -0.2) is 36.3 Å². The van der Waals surface area contributed by atoms with Crippen molar-refractivity contribution in [3.05, 3.63) is 23.8 Å². The van der Waals surface area contributed by atoms with Crippen molar-refractivity contribution in [1.82, 2.24) is 0 Å². The number of amides is 1. The molecule has 2 N–H and O–H groups in total. The standard InChI is InChI=1S/C16H21NO5/c1-3-21-16(20)13(9-18)15-6-4-11-8-12(17-10(2)19)5-7-14(11)22-15/h5,7-8,13,15,18H,3-4,6,9H2,1-2H3,(H,17,19). The van der Waals surface area contributed by atoms with Crippen molar-refractivity contribution in [3.63, 3.8) is 0 Å². The number of carbonyl (C=O) groups is 2. The van der Waals surface area contributed by atoms with Gasteiger partial charge in [-0.05, 0) is 43.5 Å². The van der Waals surface area contributed by atoms with Gasteiger partial charge in [0, 0.05) is 12.6 Å². The number of carbonyl (C=O) groups excluding carboxylic acids is 2. The summed E-state index contributed by atoms with van der Waals surface area (Å²) in [5.41, 5.74) is 1.69. The fraction of sp³-hybridized carbons (Fsp3) is 0.500. The predicted molar refractivity (Wildman–Crippen MR) is 80.7 cm³/mol. The number of rotatable bonds is 5. The summed E-state index contributed by atoms with van der Waals surface area (Å²) in [4.78, 5) is 22.9. The van der Waals surface area contributed by atoms with E-state index in [1.807, 2.05) is 6.07 Å². The number of benzene rings is 1. The first-order valence-electron chi connectivity index (χ1n) is 7.39. The Morgan fingerprint density at radius 2 is 2.27 bits per heavy atom. The lowest BCUT2D eigenvalue weighted by Crippen LogP contribution is -2.39. The Bertz CT molecular complexity index is 557. The Morgan fingerprint density at radius 1 is 1.50 bits per heavy atom. The van der Waals surface area contributed by atoms with Gasteiger partial charge < -0.3 is 19.9 Å². The van der Waals surface area contributed by atoms with Crippen LogP contribution in [-0.2, 0) is 20.7 Å². The van der Waals surface area contributed by atoms with Gasteiger partial charge in [-0.2, -0.15) is 0 Å². The number of esters is 1. The van der Waals surface area contributed by atoms with E-state index in [1.54, 1.807) is 19.1 Å². The number of fused-ring (bicyclic) bond motifs is 1. The van der Waals surface area contributed by atoms with E-state index in [0.717, 1.165) is 11.3 Å². The maximum absolute atomic E-state index is 11.9. The van der Waals surface area contributed by atoms with Gasteiger partial charge in [-0.15, -0.1) is 0 Å². The third kappa shape index (κ3) is 3.76. The summed E-state index contributed by atoms with van der Waals surface area (Å²) in [6, 6.07) is 5.39. The van der Waals surface area contributed by atoms with Crippen molar-refractivity contribution < 1.29 is 24.2 Å². The van der Waals surface area contributed by atoms with Crippen molar-refractivity contribution in [1.29, 1.82) is 0 Å². The Morgan fingerprint density at radius 3 is 2.91 bits per heavy atom. The molecule has 0 fully saturated rings. The summed E-state index contributed by atoms with van der Waals surface area (Å²) in [5.74, 6) is -0.568. The first-order chi connectivity index (χ1) is 10.5. The lowest BCUT2D eigenvalue weighted by Gasteiger charge is -2.30. The molecule has 22 heavy (non-hydrogen) atoms. The minimum atomic E-state index is -0.678. The summed E-state index contributed by atoms with van der Waals surface area (Å²) in [7, 11) is 0. The maximum atomic E-state index is 11.9. The topological polar surface area (TPSA) is 84.9 Å². The maximum Gasteiger partial charge on any atom is 0.315 e. The van der Waals surface area contributed by atoms with E-state index >= 15 is 0 Å². The number of aryl methyl sites for hydroxylation is 1. The monoisotopic (exact) mass is 307 g/mol. The number of nitrogens with one attached hydrogen (secondary N) is 1. The molecule has 0 saturated carbocycles. The third-order valence-corrected chi connectivity index (χ3v) is 3.59. The van der Waals surface area contributed by atoms with Crippen LogP contribution >= 0.6 is 0 Å². The van der Waals surface area contributed by atoms with E-state index in [0.29, 0.717) is 18.6 Å². The average molecular weight is 307 g/mol. The molecule has 1 aromatic rings. The third-order valence-electron chi connectivity index (χ3n) is 3.59. The minimum Gasteiger partial charge on any atom is -0.489 e. The number of hydrogen-bond donors (Lipinski definition) is 2. The van der Waals surface area contributed by atoms with Gasteiger partial charge in [0.1, 0.15) is 17.8 Å². The van der Waals surface area contributed by atoms with Crippen LogP contribution in [0.2, 0.25) is 0 Å². The Hall–Kier alpha value is -2.08. The van der Waals surface area contributed by atoms with Gasteiger partial charge in [-0.3, -0.25) is 9.59 Å². The van der Waals surface area contributed by atoms with E-state index in [2.05, 4.69) is 5.32 Å². The zero-order valence-corrected chi connectivity index (χ0v) is 12.8. The number of anilines is 1. The van der Waals surface area contributed by atoms with Crippen LogP contribution < -0.4 is 10.1 Å². The fourth-order valence-corrected chi connectivity index (χ4v) is 2.57. The summed E-state index contributed by atoms with van der Waals surface area (Å²) >= 11 is 0. The van der Waals surface area contributed by atoms with Crippen molar-refractivity contribution in [2.24, 2.45) is 5.92 Å². The smallest absolute Gasteiger partial charge is 0.315 e. The molecule has 6 heteroatoms. The summed E-state index contributed by atoms with van der Waals surface area (Å²) < 4.78 is 10.8. The van der Waals surface area contributed by atoms with Gasteiger partial charge in [0.15, 0.2) is 0 Å². The largest absolute Gasteiger partial charge is 0.489 e. The second-order valence-electron chi connectivity index (χ2n) is 5.24. The van der Waals surface area contributed by atoms with Crippen LogP contribution in [0.3, 0.4) is 0 Å². The Kier molecular flexibility index (Phi) is 5.38. The van der Waals surface area contributed by atoms with Crippen molar-refractivity contribution in [3.8, 4) is 5.75 Å². The van der Waals surface area contributed by atoms with E-state index in [1.165, 1.54) is 6.92 Å².